The molecule has 10 heteroatoms. The third kappa shape index (κ3) is 3.54. The number of oxazole rings is 1. The summed E-state index contributed by atoms with van der Waals surface area (Å²) in [5.74, 6) is -0.403. The quantitative estimate of drug-likeness (QED) is 0.738. The van der Waals surface area contributed by atoms with Crippen molar-refractivity contribution in [2.45, 2.75) is 25.3 Å². The van der Waals surface area contributed by atoms with Gasteiger partial charge in [-0.25, -0.2) is 9.67 Å². The van der Waals surface area contributed by atoms with Gasteiger partial charge in [0.15, 0.2) is 6.39 Å². The summed E-state index contributed by atoms with van der Waals surface area (Å²) in [7, 11) is 0. The number of piperidine rings is 1. The van der Waals surface area contributed by atoms with Crippen molar-refractivity contribution in [3.05, 3.63) is 48.9 Å². The third-order valence-electron chi connectivity index (χ3n) is 4.46. The molecule has 3 aromatic rings. The number of likely N-dealkylation sites (tertiary alicyclic amines) is 1. The molecule has 3 heterocycles. The summed E-state index contributed by atoms with van der Waals surface area (Å²) in [6, 6.07) is 6.57. The largest absolute Gasteiger partial charge is 0.438 e. The van der Waals surface area contributed by atoms with E-state index in [9.17, 15) is 9.59 Å². The minimum atomic E-state index is -0.546. The first-order valence-corrected chi connectivity index (χ1v) is 8.56. The third-order valence-corrected chi connectivity index (χ3v) is 4.46. The van der Waals surface area contributed by atoms with E-state index in [0.29, 0.717) is 18.7 Å². The Morgan fingerprint density at radius 3 is 2.74 bits per heavy atom. The number of amides is 2. The molecule has 1 aromatic carbocycles. The van der Waals surface area contributed by atoms with Crippen molar-refractivity contribution in [3.63, 3.8) is 0 Å². The molecule has 1 saturated heterocycles. The van der Waals surface area contributed by atoms with Crippen LogP contribution in [0.15, 0.2) is 47.6 Å². The van der Waals surface area contributed by atoms with Crippen LogP contribution in [-0.2, 0) is 4.79 Å². The van der Waals surface area contributed by atoms with Gasteiger partial charge in [-0.05, 0) is 54.0 Å². The van der Waals surface area contributed by atoms with Gasteiger partial charge in [0.25, 0.3) is 5.91 Å². The highest BCUT2D eigenvalue weighted by Gasteiger charge is 2.33. The zero-order valence-corrected chi connectivity index (χ0v) is 14.4. The average molecular weight is 367 g/mol. The minimum absolute atomic E-state index is 0.139. The maximum absolute atomic E-state index is 12.8. The van der Waals surface area contributed by atoms with Gasteiger partial charge in [-0.2, -0.15) is 0 Å². The van der Waals surface area contributed by atoms with Crippen LogP contribution in [0.5, 0.6) is 0 Å². The van der Waals surface area contributed by atoms with E-state index in [4.69, 9.17) is 4.42 Å². The molecular weight excluding hydrogens is 350 g/mol. The predicted molar refractivity (Wildman–Crippen MR) is 93.0 cm³/mol. The van der Waals surface area contributed by atoms with E-state index in [0.717, 1.165) is 18.5 Å². The minimum Gasteiger partial charge on any atom is -0.438 e. The van der Waals surface area contributed by atoms with Crippen molar-refractivity contribution in [3.8, 4) is 5.69 Å². The van der Waals surface area contributed by atoms with Crippen LogP contribution in [0.4, 0.5) is 5.69 Å². The normalized spacial score (nSPS) is 16.9. The van der Waals surface area contributed by atoms with Gasteiger partial charge in [-0.1, -0.05) is 0 Å². The van der Waals surface area contributed by atoms with E-state index in [-0.39, 0.29) is 17.6 Å². The van der Waals surface area contributed by atoms with E-state index >= 15 is 0 Å². The predicted octanol–water partition coefficient (Wildman–Crippen LogP) is 1.28. The Labute approximate surface area is 154 Å². The van der Waals surface area contributed by atoms with Gasteiger partial charge >= 0.3 is 0 Å². The molecule has 1 atom stereocenters. The van der Waals surface area contributed by atoms with Crippen molar-refractivity contribution in [2.75, 3.05) is 11.9 Å². The first kappa shape index (κ1) is 16.9. The number of aromatic nitrogens is 5. The maximum Gasteiger partial charge on any atom is 0.291 e. The molecule has 138 valence electrons. The van der Waals surface area contributed by atoms with Gasteiger partial charge in [-0.15, -0.1) is 5.10 Å². The van der Waals surface area contributed by atoms with Crippen molar-refractivity contribution >= 4 is 17.5 Å². The van der Waals surface area contributed by atoms with Gasteiger partial charge in [0, 0.05) is 12.2 Å². The molecule has 0 radical (unpaired) electrons. The van der Waals surface area contributed by atoms with Crippen LogP contribution in [0, 0.1) is 0 Å². The number of nitrogens with zero attached hydrogens (tertiary/aromatic N) is 6. The standard InChI is InChI=1S/C17H17N7O3/c25-16(20-12-4-6-13(7-5-12)24-10-19-21-22-24)14-3-1-2-8-23(14)17(26)15-9-18-11-27-15/h4-7,9-11,14H,1-3,8H2,(H,20,25)/t14-/m0/s1. The van der Waals surface area contributed by atoms with Crippen molar-refractivity contribution in [1.82, 2.24) is 30.1 Å². The molecule has 0 aliphatic carbocycles. The lowest BCUT2D eigenvalue weighted by atomic mass is 10.0. The number of hydrogen-bond acceptors (Lipinski definition) is 7. The van der Waals surface area contributed by atoms with Crippen LogP contribution in [0.3, 0.4) is 0 Å². The molecule has 27 heavy (non-hydrogen) atoms. The lowest BCUT2D eigenvalue weighted by Gasteiger charge is -2.34. The van der Waals surface area contributed by atoms with E-state index < -0.39 is 6.04 Å². The molecule has 2 aromatic heterocycles. The number of nitrogens with one attached hydrogen (secondary N) is 1. The van der Waals surface area contributed by atoms with E-state index in [1.807, 2.05) is 0 Å². The Hall–Kier alpha value is -3.56. The summed E-state index contributed by atoms with van der Waals surface area (Å²) in [5.41, 5.74) is 1.41. The average Bonchev–Trinajstić information content (AvgIpc) is 3.42. The van der Waals surface area contributed by atoms with Crippen LogP contribution in [0.2, 0.25) is 0 Å². The van der Waals surface area contributed by atoms with Crippen molar-refractivity contribution in [1.29, 1.82) is 0 Å². The molecule has 0 saturated carbocycles. The highest BCUT2D eigenvalue weighted by atomic mass is 16.3. The van der Waals surface area contributed by atoms with Crippen LogP contribution in [0.25, 0.3) is 5.69 Å². The lowest BCUT2D eigenvalue weighted by molar-refractivity contribution is -0.121. The first-order valence-electron chi connectivity index (χ1n) is 8.56. The Morgan fingerprint density at radius 1 is 1.19 bits per heavy atom. The van der Waals surface area contributed by atoms with Gasteiger partial charge < -0.3 is 14.6 Å². The van der Waals surface area contributed by atoms with Gasteiger partial charge in [-0.3, -0.25) is 9.59 Å². The zero-order valence-electron chi connectivity index (χ0n) is 14.4. The number of rotatable bonds is 4. The van der Waals surface area contributed by atoms with E-state index in [2.05, 4.69) is 25.8 Å². The Morgan fingerprint density at radius 2 is 2.04 bits per heavy atom. The molecule has 4 rings (SSSR count). The van der Waals surface area contributed by atoms with Crippen LogP contribution >= 0.6 is 0 Å². The summed E-state index contributed by atoms with van der Waals surface area (Å²) in [4.78, 5) is 30.7. The molecule has 10 nitrogen and oxygen atoms in total. The monoisotopic (exact) mass is 367 g/mol. The number of carbonyl (C=O) groups excluding carboxylic acids is 2. The second-order valence-electron chi connectivity index (χ2n) is 6.17. The number of hydrogen-bond donors (Lipinski definition) is 1. The highest BCUT2D eigenvalue weighted by molar-refractivity contribution is 6.00. The SMILES string of the molecule is O=C(Nc1ccc(-n2cnnn2)cc1)[C@@H]1CCCCN1C(=O)c1cnco1. The summed E-state index contributed by atoms with van der Waals surface area (Å²) in [6.45, 7) is 0.510. The molecular formula is C17H17N7O3. The lowest BCUT2D eigenvalue weighted by Crippen LogP contribution is -2.49. The zero-order chi connectivity index (χ0) is 18.6. The van der Waals surface area contributed by atoms with Gasteiger partial charge in [0.05, 0.1) is 11.9 Å². The summed E-state index contributed by atoms with van der Waals surface area (Å²) < 4.78 is 6.61. The number of anilines is 1. The molecule has 0 spiro atoms. The molecule has 1 aliphatic heterocycles. The maximum atomic E-state index is 12.8. The smallest absolute Gasteiger partial charge is 0.291 e. The van der Waals surface area contributed by atoms with Gasteiger partial charge in [0.1, 0.15) is 12.4 Å². The van der Waals surface area contributed by atoms with Crippen molar-refractivity contribution in [2.24, 2.45) is 0 Å². The van der Waals surface area contributed by atoms with Crippen LogP contribution in [0.1, 0.15) is 29.8 Å². The molecule has 1 N–H and O–H groups in total. The molecule has 1 fully saturated rings. The fraction of sp³-hybridized carbons (Fsp3) is 0.294. The van der Waals surface area contributed by atoms with Crippen LogP contribution in [-0.4, -0.2) is 54.5 Å². The van der Waals surface area contributed by atoms with Gasteiger partial charge in [0.2, 0.25) is 11.7 Å². The fourth-order valence-corrected chi connectivity index (χ4v) is 3.11. The molecule has 1 aliphatic rings. The molecule has 0 bridgehead atoms. The highest BCUT2D eigenvalue weighted by Crippen LogP contribution is 2.21. The summed E-state index contributed by atoms with van der Waals surface area (Å²) in [6.07, 6.45) is 6.40. The summed E-state index contributed by atoms with van der Waals surface area (Å²) in [5, 5.41) is 13.9. The fourth-order valence-electron chi connectivity index (χ4n) is 3.11. The Kier molecular flexibility index (Phi) is 4.60. The van der Waals surface area contributed by atoms with Crippen molar-refractivity contribution < 1.29 is 14.0 Å². The Balaban J connectivity index is 1.46. The molecule has 0 unspecified atom stereocenters. The van der Waals surface area contributed by atoms with E-state index in [1.54, 1.807) is 29.2 Å². The Bertz CT molecular complexity index is 907. The topological polar surface area (TPSA) is 119 Å². The number of tetrazole rings is 1. The number of carbonyl (C=O) groups is 2. The first-order chi connectivity index (χ1) is 13.2. The number of benzene rings is 1. The molecule has 2 amide bonds. The second-order valence-corrected chi connectivity index (χ2v) is 6.17. The van der Waals surface area contributed by atoms with E-state index in [1.165, 1.54) is 23.6 Å². The second kappa shape index (κ2) is 7.36. The van der Waals surface area contributed by atoms with Crippen LogP contribution < -0.4 is 5.32 Å². The summed E-state index contributed by atoms with van der Waals surface area (Å²) >= 11 is 0.